The van der Waals surface area contributed by atoms with E-state index in [0.717, 1.165) is 21.7 Å². The predicted octanol–water partition coefficient (Wildman–Crippen LogP) is 3.77. The molecule has 1 aliphatic heterocycles. The summed E-state index contributed by atoms with van der Waals surface area (Å²) in [5, 5.41) is 12.3. The van der Waals surface area contributed by atoms with E-state index in [1.54, 1.807) is 48.1 Å². The van der Waals surface area contributed by atoms with Crippen molar-refractivity contribution in [2.24, 2.45) is 0 Å². The van der Waals surface area contributed by atoms with E-state index in [-0.39, 0.29) is 12.3 Å². The summed E-state index contributed by atoms with van der Waals surface area (Å²) in [6.45, 7) is 2.27. The van der Waals surface area contributed by atoms with E-state index in [9.17, 15) is 9.90 Å². The van der Waals surface area contributed by atoms with Gasteiger partial charge >= 0.3 is 0 Å². The lowest BCUT2D eigenvalue weighted by molar-refractivity contribution is -0.0805. The molecule has 3 heterocycles. The van der Waals surface area contributed by atoms with E-state index in [0.29, 0.717) is 18.6 Å². The number of benzene rings is 1. The van der Waals surface area contributed by atoms with Gasteiger partial charge < -0.3 is 9.84 Å². The van der Waals surface area contributed by atoms with Crippen molar-refractivity contribution in [2.45, 2.75) is 31.8 Å². The van der Waals surface area contributed by atoms with Gasteiger partial charge in [0.1, 0.15) is 5.69 Å². The van der Waals surface area contributed by atoms with Crippen LogP contribution in [-0.4, -0.2) is 51.2 Å². The van der Waals surface area contributed by atoms with Gasteiger partial charge in [0, 0.05) is 29.3 Å². The van der Waals surface area contributed by atoms with E-state index in [1.807, 2.05) is 12.3 Å². The third-order valence-corrected chi connectivity index (χ3v) is 5.76. The second-order valence-corrected chi connectivity index (χ2v) is 7.98. The molecule has 1 N–H and O–H groups in total. The minimum atomic E-state index is -1.73. The smallest absolute Gasteiger partial charge is 0.275 e. The fraction of sp³-hybridized carbons (Fsp3) is 0.318. The van der Waals surface area contributed by atoms with Crippen LogP contribution in [0.4, 0.5) is 4.39 Å². The van der Waals surface area contributed by atoms with E-state index in [2.05, 4.69) is 9.97 Å². The van der Waals surface area contributed by atoms with Crippen LogP contribution in [0, 0.1) is 6.92 Å². The van der Waals surface area contributed by atoms with Crippen LogP contribution >= 0.6 is 11.3 Å². The number of pyridine rings is 1. The zero-order chi connectivity index (χ0) is 21.1. The molecule has 0 saturated carbocycles. The highest BCUT2D eigenvalue weighted by Crippen LogP contribution is 2.31. The number of hydrogen-bond donors (Lipinski definition) is 1. The molecule has 0 bridgehead atoms. The Hall–Kier alpha value is -2.68. The van der Waals surface area contributed by atoms with Crippen molar-refractivity contribution in [2.75, 3.05) is 13.2 Å². The Balaban J connectivity index is 1.65. The fourth-order valence-corrected chi connectivity index (χ4v) is 4.07. The van der Waals surface area contributed by atoms with Crippen molar-refractivity contribution in [1.82, 2.24) is 14.9 Å². The molecule has 156 valence electrons. The van der Waals surface area contributed by atoms with Crippen LogP contribution in [0.5, 0.6) is 0 Å². The summed E-state index contributed by atoms with van der Waals surface area (Å²) in [5.74, 6) is -0.558. The number of ether oxygens (including phenoxy) is 1. The molecule has 0 radical (unpaired) electrons. The molecule has 2 aromatic heterocycles. The molecule has 1 aromatic carbocycles. The Morgan fingerprint density at radius 2 is 2.07 bits per heavy atom. The van der Waals surface area contributed by atoms with E-state index < -0.39 is 24.3 Å². The first-order valence-corrected chi connectivity index (χ1v) is 10.6. The Kier molecular flexibility index (Phi) is 6.17. The fourth-order valence-electron chi connectivity index (χ4n) is 3.51. The Bertz CT molecular complexity index is 980. The minimum Gasteiger partial charge on any atom is -0.389 e. The molecule has 3 atom stereocenters. The summed E-state index contributed by atoms with van der Waals surface area (Å²) in [6.07, 6.45) is -0.791. The number of alkyl halides is 1. The second-order valence-electron chi connectivity index (χ2n) is 7.26. The maximum atomic E-state index is 15.8. The number of hydrogen-bond acceptors (Lipinski definition) is 6. The van der Waals surface area contributed by atoms with Gasteiger partial charge in [-0.15, -0.1) is 11.3 Å². The van der Waals surface area contributed by atoms with E-state index in [1.165, 1.54) is 11.3 Å². The second kappa shape index (κ2) is 8.99. The first kappa shape index (κ1) is 20.6. The molecular formula is C22H22FN3O3S. The zero-order valence-electron chi connectivity index (χ0n) is 16.4. The van der Waals surface area contributed by atoms with Crippen LogP contribution in [0.25, 0.3) is 11.3 Å². The molecule has 8 heteroatoms. The first-order valence-electron chi connectivity index (χ1n) is 9.68. The van der Waals surface area contributed by atoms with Gasteiger partial charge in [0.25, 0.3) is 5.91 Å². The van der Waals surface area contributed by atoms with Gasteiger partial charge in [-0.2, -0.15) is 0 Å². The molecule has 0 aliphatic carbocycles. The number of thiazole rings is 1. The Morgan fingerprint density at radius 1 is 1.27 bits per heavy atom. The van der Waals surface area contributed by atoms with Gasteiger partial charge in [-0.25, -0.2) is 9.37 Å². The van der Waals surface area contributed by atoms with Crippen LogP contribution in [0.2, 0.25) is 0 Å². The normalized spacial score (nSPS) is 20.0. The van der Waals surface area contributed by atoms with Crippen molar-refractivity contribution in [3.8, 4) is 11.3 Å². The number of aliphatic hydroxyl groups excluding tert-OH is 1. The largest absolute Gasteiger partial charge is 0.389 e. The topological polar surface area (TPSA) is 75.6 Å². The molecule has 1 amide bonds. The van der Waals surface area contributed by atoms with Crippen molar-refractivity contribution in [3.63, 3.8) is 0 Å². The Labute approximate surface area is 178 Å². The number of halogens is 1. The molecule has 1 aliphatic rings. The number of aryl methyl sites for hydroxylation is 1. The lowest BCUT2D eigenvalue weighted by Crippen LogP contribution is -2.52. The highest BCUT2D eigenvalue weighted by atomic mass is 32.1. The molecule has 6 nitrogen and oxygen atoms in total. The van der Waals surface area contributed by atoms with Crippen LogP contribution in [0.15, 0.2) is 53.5 Å². The average molecular weight is 428 g/mol. The molecule has 1 unspecified atom stereocenters. The number of carbonyl (C=O) groups excluding carboxylic acids is 1. The predicted molar refractivity (Wildman–Crippen MR) is 112 cm³/mol. The van der Waals surface area contributed by atoms with Crippen LogP contribution in [0.1, 0.15) is 34.3 Å². The number of nitrogens with zero attached hydrogens (tertiary/aromatic N) is 3. The molecule has 30 heavy (non-hydrogen) atoms. The molecule has 4 rings (SSSR count). The quantitative estimate of drug-likeness (QED) is 0.628. The number of rotatable bonds is 5. The van der Waals surface area contributed by atoms with Gasteiger partial charge in [-0.3, -0.25) is 14.7 Å². The van der Waals surface area contributed by atoms with Crippen molar-refractivity contribution in [3.05, 3.63) is 70.3 Å². The molecular weight excluding hydrogens is 405 g/mol. The monoisotopic (exact) mass is 427 g/mol. The maximum absolute atomic E-state index is 15.8. The minimum absolute atomic E-state index is 0.0608. The Morgan fingerprint density at radius 3 is 2.70 bits per heavy atom. The van der Waals surface area contributed by atoms with Crippen molar-refractivity contribution < 1.29 is 19.0 Å². The molecule has 1 saturated heterocycles. The lowest BCUT2D eigenvalue weighted by Gasteiger charge is -2.39. The molecule has 0 spiro atoms. The van der Waals surface area contributed by atoms with Gasteiger partial charge in [-0.1, -0.05) is 30.3 Å². The van der Waals surface area contributed by atoms with Gasteiger partial charge in [-0.05, 0) is 25.0 Å². The van der Waals surface area contributed by atoms with Crippen LogP contribution in [-0.2, 0) is 4.74 Å². The van der Waals surface area contributed by atoms with Crippen molar-refractivity contribution >= 4 is 17.2 Å². The summed E-state index contributed by atoms with van der Waals surface area (Å²) in [4.78, 5) is 22.8. The summed E-state index contributed by atoms with van der Waals surface area (Å²) >= 11 is 1.49. The zero-order valence-corrected chi connectivity index (χ0v) is 17.3. The standard InChI is InChI=1S/C22H22FN3O3S/c1-14-2-7-17(24-10-14)22(28)26(19-8-9-29-11-20(19)27)21(23)16-5-3-15(4-6-16)18-12-30-13-25-18/h2-7,10,12-13,19-21,27H,8-9,11H2,1H3/t19-,20-,21?/m0/s1. The highest BCUT2D eigenvalue weighted by molar-refractivity contribution is 7.07. The number of aromatic nitrogens is 2. The molecule has 3 aromatic rings. The summed E-state index contributed by atoms with van der Waals surface area (Å²) in [7, 11) is 0. The van der Waals surface area contributed by atoms with Crippen LogP contribution < -0.4 is 0 Å². The lowest BCUT2D eigenvalue weighted by atomic mass is 10.0. The number of carbonyl (C=O) groups is 1. The highest BCUT2D eigenvalue weighted by Gasteiger charge is 2.38. The van der Waals surface area contributed by atoms with Gasteiger partial charge in [0.15, 0.2) is 0 Å². The SMILES string of the molecule is Cc1ccc(C(=O)N(C(F)c2ccc(-c3cscn3)cc2)[C@H]2CCOC[C@@H]2O)nc1. The van der Waals surface area contributed by atoms with Gasteiger partial charge in [0.05, 0.1) is 30.0 Å². The maximum Gasteiger partial charge on any atom is 0.275 e. The number of aliphatic hydroxyl groups is 1. The van der Waals surface area contributed by atoms with E-state index in [4.69, 9.17) is 4.74 Å². The summed E-state index contributed by atoms with van der Waals surface area (Å²) in [6, 6.07) is 9.49. The third-order valence-electron chi connectivity index (χ3n) is 5.17. The summed E-state index contributed by atoms with van der Waals surface area (Å²) in [5.41, 5.74) is 4.80. The molecule has 1 fully saturated rings. The van der Waals surface area contributed by atoms with Gasteiger partial charge in [0.2, 0.25) is 6.30 Å². The average Bonchev–Trinajstić information content (AvgIpc) is 3.31. The number of amides is 1. The third kappa shape index (κ3) is 4.26. The van der Waals surface area contributed by atoms with Crippen molar-refractivity contribution in [1.29, 1.82) is 0 Å². The summed E-state index contributed by atoms with van der Waals surface area (Å²) < 4.78 is 21.0. The van der Waals surface area contributed by atoms with Crippen LogP contribution in [0.3, 0.4) is 0 Å². The van der Waals surface area contributed by atoms with E-state index >= 15 is 4.39 Å². The first-order chi connectivity index (χ1) is 14.5.